The molecule has 132 valence electrons. The molecule has 0 saturated carbocycles. The van der Waals surface area contributed by atoms with E-state index in [1.54, 1.807) is 6.07 Å². The quantitative estimate of drug-likeness (QED) is 0.769. The van der Waals surface area contributed by atoms with E-state index < -0.39 is 24.2 Å². The summed E-state index contributed by atoms with van der Waals surface area (Å²) >= 11 is 0. The van der Waals surface area contributed by atoms with E-state index in [9.17, 15) is 14.7 Å². The highest BCUT2D eigenvalue weighted by Gasteiger charge is 2.16. The maximum absolute atomic E-state index is 11.8. The highest BCUT2D eigenvalue weighted by molar-refractivity contribution is 5.96. The molecule has 0 bridgehead atoms. The van der Waals surface area contributed by atoms with Crippen LogP contribution in [0.15, 0.2) is 36.5 Å². The average Bonchev–Trinajstić information content (AvgIpc) is 2.52. The second-order valence-electron chi connectivity index (χ2n) is 6.50. The lowest BCUT2D eigenvalue weighted by atomic mass is 9.87. The molecule has 0 aliphatic carbocycles. The van der Waals surface area contributed by atoms with E-state index in [1.165, 1.54) is 12.3 Å². The molecule has 0 radical (unpaired) electrons. The number of aromatic nitrogens is 1. The van der Waals surface area contributed by atoms with Gasteiger partial charge in [-0.25, -0.2) is 4.98 Å². The van der Waals surface area contributed by atoms with Crippen LogP contribution in [0.2, 0.25) is 0 Å². The van der Waals surface area contributed by atoms with E-state index in [0.29, 0.717) is 5.75 Å². The number of nitrogens with one attached hydrogen (secondary N) is 1. The Morgan fingerprint density at radius 2 is 1.92 bits per heavy atom. The summed E-state index contributed by atoms with van der Waals surface area (Å²) in [5.41, 5.74) is 0.787. The van der Waals surface area contributed by atoms with Crippen molar-refractivity contribution in [1.82, 2.24) is 10.3 Å². The predicted octanol–water partition coefficient (Wildman–Crippen LogP) is 2.69. The van der Waals surface area contributed by atoms with Crippen molar-refractivity contribution in [2.45, 2.75) is 26.2 Å². The van der Waals surface area contributed by atoms with Crippen molar-refractivity contribution in [2.75, 3.05) is 6.54 Å². The average molecular weight is 344 g/mol. The molecule has 7 nitrogen and oxygen atoms in total. The van der Waals surface area contributed by atoms with Crippen molar-refractivity contribution in [1.29, 1.82) is 0 Å². The van der Waals surface area contributed by atoms with Crippen molar-refractivity contribution in [2.24, 2.45) is 0 Å². The van der Waals surface area contributed by atoms with Gasteiger partial charge in [0.25, 0.3) is 5.91 Å². The number of hydrogen-bond donors (Lipinski definition) is 3. The highest BCUT2D eigenvalue weighted by Crippen LogP contribution is 2.30. The zero-order valence-corrected chi connectivity index (χ0v) is 14.2. The van der Waals surface area contributed by atoms with Crippen LogP contribution in [0.4, 0.5) is 0 Å². The molecule has 0 atom stereocenters. The fourth-order valence-corrected chi connectivity index (χ4v) is 2.07. The van der Waals surface area contributed by atoms with Crippen molar-refractivity contribution in [3.63, 3.8) is 0 Å². The highest BCUT2D eigenvalue weighted by atomic mass is 16.5. The Morgan fingerprint density at radius 1 is 1.20 bits per heavy atom. The Kier molecular flexibility index (Phi) is 5.26. The van der Waals surface area contributed by atoms with Crippen LogP contribution in [0.1, 0.15) is 36.8 Å². The van der Waals surface area contributed by atoms with E-state index in [1.807, 2.05) is 18.2 Å². The molecular weight excluding hydrogens is 324 g/mol. The minimum absolute atomic E-state index is 0.0359. The summed E-state index contributed by atoms with van der Waals surface area (Å²) in [4.78, 5) is 26.1. The van der Waals surface area contributed by atoms with Gasteiger partial charge in [-0.2, -0.15) is 0 Å². The van der Waals surface area contributed by atoms with Crippen LogP contribution in [-0.4, -0.2) is 33.6 Å². The van der Waals surface area contributed by atoms with Gasteiger partial charge in [-0.15, -0.1) is 0 Å². The zero-order chi connectivity index (χ0) is 18.6. The molecule has 0 aliphatic rings. The van der Waals surface area contributed by atoms with Gasteiger partial charge in [0.1, 0.15) is 18.0 Å². The van der Waals surface area contributed by atoms with Gasteiger partial charge in [-0.05, 0) is 23.1 Å². The topological polar surface area (TPSA) is 109 Å². The lowest BCUT2D eigenvalue weighted by Gasteiger charge is -2.19. The number of carbonyl (C=O) groups is 2. The zero-order valence-electron chi connectivity index (χ0n) is 14.2. The van der Waals surface area contributed by atoms with Gasteiger partial charge in [0.2, 0.25) is 0 Å². The number of amides is 1. The number of carbonyl (C=O) groups excluding carboxylic acids is 1. The van der Waals surface area contributed by atoms with E-state index in [4.69, 9.17) is 9.84 Å². The second-order valence-corrected chi connectivity index (χ2v) is 6.50. The Balaban J connectivity index is 2.16. The second kappa shape index (κ2) is 7.21. The maximum Gasteiger partial charge on any atom is 0.322 e. The molecule has 0 fully saturated rings. The lowest BCUT2D eigenvalue weighted by Crippen LogP contribution is -2.29. The van der Waals surface area contributed by atoms with Crippen LogP contribution in [0, 0.1) is 0 Å². The summed E-state index contributed by atoms with van der Waals surface area (Å²) in [6, 6.07) is 8.80. The third kappa shape index (κ3) is 4.94. The molecular formula is C18H20N2O5. The number of carboxylic acids is 1. The maximum atomic E-state index is 11.8. The molecule has 1 aromatic heterocycles. The number of benzene rings is 1. The summed E-state index contributed by atoms with van der Waals surface area (Å²) < 4.78 is 5.68. The summed E-state index contributed by atoms with van der Waals surface area (Å²) in [7, 11) is 0. The van der Waals surface area contributed by atoms with Crippen molar-refractivity contribution in [3.05, 3.63) is 47.8 Å². The minimum Gasteiger partial charge on any atom is -0.505 e. The number of nitrogens with zero attached hydrogens (tertiary/aromatic N) is 1. The SMILES string of the molecule is CC(C)(C)c1cccc(Oc2cnc(C(=O)NCC(=O)O)c(O)c2)c1. The van der Waals surface area contributed by atoms with Crippen LogP contribution in [0.3, 0.4) is 0 Å². The number of aromatic hydroxyl groups is 1. The van der Waals surface area contributed by atoms with Crippen LogP contribution >= 0.6 is 0 Å². The van der Waals surface area contributed by atoms with Crippen LogP contribution in [0.25, 0.3) is 0 Å². The molecule has 0 spiro atoms. The first kappa shape index (κ1) is 18.3. The van der Waals surface area contributed by atoms with Gasteiger partial charge in [0, 0.05) is 6.07 Å². The molecule has 0 saturated heterocycles. The molecule has 0 aliphatic heterocycles. The molecule has 1 amide bonds. The van der Waals surface area contributed by atoms with Gasteiger partial charge >= 0.3 is 5.97 Å². The molecule has 3 N–H and O–H groups in total. The summed E-state index contributed by atoms with van der Waals surface area (Å²) in [5, 5.41) is 20.6. The molecule has 1 heterocycles. The first-order valence-electron chi connectivity index (χ1n) is 7.64. The van der Waals surface area contributed by atoms with Crippen LogP contribution in [0.5, 0.6) is 17.2 Å². The van der Waals surface area contributed by atoms with Gasteiger partial charge < -0.3 is 20.3 Å². The molecule has 25 heavy (non-hydrogen) atoms. The molecule has 2 aromatic rings. The van der Waals surface area contributed by atoms with Crippen molar-refractivity contribution < 1.29 is 24.5 Å². The number of rotatable bonds is 5. The first-order chi connectivity index (χ1) is 11.7. The molecule has 0 unspecified atom stereocenters. The smallest absolute Gasteiger partial charge is 0.322 e. The first-order valence-corrected chi connectivity index (χ1v) is 7.64. The van der Waals surface area contributed by atoms with E-state index in [2.05, 4.69) is 31.1 Å². The monoisotopic (exact) mass is 344 g/mol. The molecule has 1 aromatic carbocycles. The third-order valence-corrected chi connectivity index (χ3v) is 3.39. The summed E-state index contributed by atoms with van der Waals surface area (Å²) in [5.74, 6) is -1.52. The Bertz CT molecular complexity index is 796. The summed E-state index contributed by atoms with van der Waals surface area (Å²) in [6.45, 7) is 5.70. The Labute approximate surface area is 145 Å². The molecule has 7 heteroatoms. The standard InChI is InChI=1S/C18H20N2O5/c1-18(2,3)11-5-4-6-12(7-11)25-13-8-14(21)16(19-9-13)17(24)20-10-15(22)23/h4-9,21H,10H2,1-3H3,(H,20,24)(H,22,23). The molecule has 2 rings (SSSR count). The number of hydrogen-bond acceptors (Lipinski definition) is 5. The van der Waals surface area contributed by atoms with Gasteiger partial charge in [0.05, 0.1) is 6.20 Å². The normalized spacial score (nSPS) is 11.0. The predicted molar refractivity (Wildman–Crippen MR) is 91.1 cm³/mol. The van der Waals surface area contributed by atoms with Crippen molar-refractivity contribution >= 4 is 11.9 Å². The number of pyridine rings is 1. The number of aliphatic carboxylic acids is 1. The fraction of sp³-hybridized carbons (Fsp3) is 0.278. The number of carboxylic acid groups (broad SMARTS) is 1. The van der Waals surface area contributed by atoms with Gasteiger partial charge in [-0.3, -0.25) is 9.59 Å². The van der Waals surface area contributed by atoms with Crippen LogP contribution in [-0.2, 0) is 10.2 Å². The van der Waals surface area contributed by atoms with E-state index >= 15 is 0 Å². The number of ether oxygens (including phenoxy) is 1. The largest absolute Gasteiger partial charge is 0.505 e. The Hall–Kier alpha value is -3.09. The van der Waals surface area contributed by atoms with Crippen molar-refractivity contribution in [3.8, 4) is 17.2 Å². The summed E-state index contributed by atoms with van der Waals surface area (Å²) in [6.07, 6.45) is 1.29. The lowest BCUT2D eigenvalue weighted by molar-refractivity contribution is -0.135. The minimum atomic E-state index is -1.19. The van der Waals surface area contributed by atoms with E-state index in [-0.39, 0.29) is 16.9 Å². The Morgan fingerprint density at radius 3 is 2.52 bits per heavy atom. The van der Waals surface area contributed by atoms with Gasteiger partial charge in [-0.1, -0.05) is 32.9 Å². The third-order valence-electron chi connectivity index (χ3n) is 3.39. The van der Waals surface area contributed by atoms with Crippen LogP contribution < -0.4 is 10.1 Å². The van der Waals surface area contributed by atoms with Gasteiger partial charge in [0.15, 0.2) is 11.4 Å². The fourth-order valence-electron chi connectivity index (χ4n) is 2.07. The van der Waals surface area contributed by atoms with E-state index in [0.717, 1.165) is 5.56 Å².